The van der Waals surface area contributed by atoms with Gasteiger partial charge < -0.3 is 10.0 Å². The number of aliphatic hydroxyl groups is 1. The Hall–Kier alpha value is -1.35. The van der Waals surface area contributed by atoms with Crippen molar-refractivity contribution in [2.75, 3.05) is 13.1 Å². The monoisotopic (exact) mass is 233 g/mol. The van der Waals surface area contributed by atoms with Crippen LogP contribution in [0.2, 0.25) is 0 Å². The average molecular weight is 233 g/mol. The predicted octanol–water partition coefficient (Wildman–Crippen LogP) is 1.85. The summed E-state index contributed by atoms with van der Waals surface area (Å²) in [5.41, 5.74) is 1.22. The number of hydrogen-bond acceptors (Lipinski definition) is 2. The molecule has 0 aliphatic carbocycles. The molecule has 1 fully saturated rings. The molecule has 3 heteroatoms. The molecule has 1 amide bonds. The number of likely N-dealkylation sites (tertiary alicyclic amines) is 1. The van der Waals surface area contributed by atoms with Crippen LogP contribution in [0.3, 0.4) is 0 Å². The topological polar surface area (TPSA) is 40.5 Å². The van der Waals surface area contributed by atoms with E-state index in [9.17, 15) is 9.90 Å². The summed E-state index contributed by atoms with van der Waals surface area (Å²) in [4.78, 5) is 13.9. The Balaban J connectivity index is 2.09. The van der Waals surface area contributed by atoms with Crippen molar-refractivity contribution in [2.45, 2.75) is 32.3 Å². The van der Waals surface area contributed by atoms with Gasteiger partial charge in [-0.1, -0.05) is 19.1 Å². The molecule has 1 aliphatic rings. The molecule has 1 N–H and O–H groups in total. The summed E-state index contributed by atoms with van der Waals surface area (Å²) in [7, 11) is 0. The van der Waals surface area contributed by atoms with Crippen LogP contribution in [-0.4, -0.2) is 34.6 Å². The first-order valence-electron chi connectivity index (χ1n) is 6.12. The van der Waals surface area contributed by atoms with Gasteiger partial charge in [-0.3, -0.25) is 4.79 Å². The highest BCUT2D eigenvalue weighted by molar-refractivity contribution is 5.94. The third-order valence-corrected chi connectivity index (χ3v) is 3.35. The van der Waals surface area contributed by atoms with Gasteiger partial charge in [-0.05, 0) is 37.5 Å². The van der Waals surface area contributed by atoms with Gasteiger partial charge in [-0.15, -0.1) is 0 Å². The Morgan fingerprint density at radius 3 is 2.53 bits per heavy atom. The highest BCUT2D eigenvalue weighted by Crippen LogP contribution is 2.22. The molecule has 0 saturated carbocycles. The number of β-amino-alcohol motifs (C(OH)–C–C–N with tert-alkyl or cyclic N) is 1. The zero-order valence-electron chi connectivity index (χ0n) is 10.4. The molecule has 0 radical (unpaired) electrons. The summed E-state index contributed by atoms with van der Waals surface area (Å²) in [6.07, 6.45) is 1.64. The standard InChI is InChI=1S/C14H19NO2/c1-3-11-4-6-12(7-5-11)13(16)15-9-8-14(2,17)10-15/h4-7,17H,3,8-10H2,1-2H3. The van der Waals surface area contributed by atoms with Crippen LogP contribution in [0, 0.1) is 0 Å². The predicted molar refractivity (Wildman–Crippen MR) is 67.0 cm³/mol. The van der Waals surface area contributed by atoms with E-state index in [1.54, 1.807) is 11.8 Å². The first kappa shape index (κ1) is 12.1. The van der Waals surface area contributed by atoms with Gasteiger partial charge in [0.2, 0.25) is 0 Å². The lowest BCUT2D eigenvalue weighted by Gasteiger charge is -2.19. The van der Waals surface area contributed by atoms with Crippen LogP contribution in [-0.2, 0) is 6.42 Å². The van der Waals surface area contributed by atoms with E-state index in [1.807, 2.05) is 24.3 Å². The highest BCUT2D eigenvalue weighted by Gasteiger charge is 2.34. The van der Waals surface area contributed by atoms with E-state index in [-0.39, 0.29) is 5.91 Å². The zero-order chi connectivity index (χ0) is 12.5. The second kappa shape index (κ2) is 4.49. The molecule has 92 valence electrons. The molecule has 1 aromatic carbocycles. The Morgan fingerprint density at radius 1 is 1.41 bits per heavy atom. The van der Waals surface area contributed by atoms with Gasteiger partial charge in [0.1, 0.15) is 0 Å². The normalized spacial score (nSPS) is 24.1. The van der Waals surface area contributed by atoms with Crippen molar-refractivity contribution in [2.24, 2.45) is 0 Å². The fraction of sp³-hybridized carbons (Fsp3) is 0.500. The van der Waals surface area contributed by atoms with Gasteiger partial charge >= 0.3 is 0 Å². The first-order chi connectivity index (χ1) is 8.02. The van der Waals surface area contributed by atoms with Crippen LogP contribution in [0.5, 0.6) is 0 Å². The number of aryl methyl sites for hydroxylation is 1. The van der Waals surface area contributed by atoms with Gasteiger partial charge in [0.05, 0.1) is 5.60 Å². The lowest BCUT2D eigenvalue weighted by atomic mass is 10.1. The van der Waals surface area contributed by atoms with E-state index in [1.165, 1.54) is 5.56 Å². The second-order valence-electron chi connectivity index (χ2n) is 5.02. The van der Waals surface area contributed by atoms with Crippen LogP contribution < -0.4 is 0 Å². The summed E-state index contributed by atoms with van der Waals surface area (Å²) in [6.45, 7) is 4.94. The molecule has 0 aromatic heterocycles. The number of hydrogen-bond donors (Lipinski definition) is 1. The van der Waals surface area contributed by atoms with Crippen LogP contribution >= 0.6 is 0 Å². The lowest BCUT2D eigenvalue weighted by molar-refractivity contribution is 0.0572. The Labute approximate surface area is 102 Å². The molecule has 0 spiro atoms. The number of benzene rings is 1. The van der Waals surface area contributed by atoms with Crippen molar-refractivity contribution in [3.05, 3.63) is 35.4 Å². The lowest BCUT2D eigenvalue weighted by Crippen LogP contribution is -2.33. The Kier molecular flexibility index (Phi) is 3.20. The van der Waals surface area contributed by atoms with E-state index in [2.05, 4.69) is 6.92 Å². The van der Waals surface area contributed by atoms with Crippen LogP contribution in [0.4, 0.5) is 0 Å². The molecule has 17 heavy (non-hydrogen) atoms. The number of nitrogens with zero attached hydrogens (tertiary/aromatic N) is 1. The summed E-state index contributed by atoms with van der Waals surface area (Å²) in [5, 5.41) is 9.85. The minimum atomic E-state index is -0.723. The number of rotatable bonds is 2. The molecule has 1 aromatic rings. The first-order valence-corrected chi connectivity index (χ1v) is 6.12. The van der Waals surface area contributed by atoms with Crippen molar-refractivity contribution < 1.29 is 9.90 Å². The summed E-state index contributed by atoms with van der Waals surface area (Å²) in [5.74, 6) is 0.0189. The maximum Gasteiger partial charge on any atom is 0.253 e. The van der Waals surface area contributed by atoms with E-state index < -0.39 is 5.60 Å². The van der Waals surface area contributed by atoms with Gasteiger partial charge in [0, 0.05) is 18.7 Å². The second-order valence-corrected chi connectivity index (χ2v) is 5.02. The molecule has 3 nitrogen and oxygen atoms in total. The maximum absolute atomic E-state index is 12.1. The summed E-state index contributed by atoms with van der Waals surface area (Å²) < 4.78 is 0. The van der Waals surface area contributed by atoms with E-state index in [4.69, 9.17) is 0 Å². The molecule has 1 unspecified atom stereocenters. The quantitative estimate of drug-likeness (QED) is 0.846. The van der Waals surface area contributed by atoms with Crippen molar-refractivity contribution in [3.8, 4) is 0 Å². The molecule has 1 saturated heterocycles. The minimum Gasteiger partial charge on any atom is -0.388 e. The van der Waals surface area contributed by atoms with E-state index in [0.29, 0.717) is 25.1 Å². The molecule has 1 aliphatic heterocycles. The maximum atomic E-state index is 12.1. The fourth-order valence-corrected chi connectivity index (χ4v) is 2.18. The largest absolute Gasteiger partial charge is 0.388 e. The average Bonchev–Trinajstić information content (AvgIpc) is 2.69. The number of carbonyl (C=O) groups excluding carboxylic acids is 1. The van der Waals surface area contributed by atoms with Crippen LogP contribution in [0.25, 0.3) is 0 Å². The van der Waals surface area contributed by atoms with Crippen molar-refractivity contribution >= 4 is 5.91 Å². The van der Waals surface area contributed by atoms with Crippen LogP contribution in [0.1, 0.15) is 36.2 Å². The SMILES string of the molecule is CCc1ccc(C(=O)N2CCC(C)(O)C2)cc1. The molecule has 1 heterocycles. The van der Waals surface area contributed by atoms with Crippen molar-refractivity contribution in [3.63, 3.8) is 0 Å². The van der Waals surface area contributed by atoms with Gasteiger partial charge in [-0.2, -0.15) is 0 Å². The molecule has 1 atom stereocenters. The molecular formula is C14H19NO2. The fourth-order valence-electron chi connectivity index (χ4n) is 2.18. The van der Waals surface area contributed by atoms with Crippen molar-refractivity contribution in [1.82, 2.24) is 4.90 Å². The Morgan fingerprint density at radius 2 is 2.06 bits per heavy atom. The smallest absolute Gasteiger partial charge is 0.253 e. The Bertz CT molecular complexity index is 409. The van der Waals surface area contributed by atoms with E-state index >= 15 is 0 Å². The minimum absolute atomic E-state index is 0.0189. The van der Waals surface area contributed by atoms with E-state index in [0.717, 1.165) is 6.42 Å². The zero-order valence-corrected chi connectivity index (χ0v) is 10.4. The van der Waals surface area contributed by atoms with Gasteiger partial charge in [0.15, 0.2) is 0 Å². The third-order valence-electron chi connectivity index (χ3n) is 3.35. The summed E-state index contributed by atoms with van der Waals surface area (Å²) in [6, 6.07) is 7.71. The molecular weight excluding hydrogens is 214 g/mol. The number of carbonyl (C=O) groups is 1. The van der Waals surface area contributed by atoms with Gasteiger partial charge in [0.25, 0.3) is 5.91 Å². The van der Waals surface area contributed by atoms with Gasteiger partial charge in [-0.25, -0.2) is 0 Å². The highest BCUT2D eigenvalue weighted by atomic mass is 16.3. The summed E-state index contributed by atoms with van der Waals surface area (Å²) >= 11 is 0. The number of amides is 1. The van der Waals surface area contributed by atoms with Crippen molar-refractivity contribution in [1.29, 1.82) is 0 Å². The van der Waals surface area contributed by atoms with Crippen LogP contribution in [0.15, 0.2) is 24.3 Å². The third kappa shape index (κ3) is 2.67. The molecule has 0 bridgehead atoms. The molecule has 2 rings (SSSR count).